The molecule has 5 rings (SSSR count). The molecule has 1 aliphatic heterocycles. The van der Waals surface area contributed by atoms with E-state index in [2.05, 4.69) is 5.32 Å². The van der Waals surface area contributed by atoms with Gasteiger partial charge in [-0.15, -0.1) is 0 Å². The average molecular weight is 648 g/mol. The van der Waals surface area contributed by atoms with Crippen LogP contribution < -0.4 is 10.2 Å². The summed E-state index contributed by atoms with van der Waals surface area (Å²) in [6.45, 7) is 1.95. The van der Waals surface area contributed by atoms with Crippen LogP contribution in [0.5, 0.6) is 0 Å². The van der Waals surface area contributed by atoms with Gasteiger partial charge in [0.1, 0.15) is 17.7 Å². The first kappa shape index (κ1) is 33.1. The number of fused-ring (bicyclic) bond motifs is 1. The Hall–Kier alpha value is -5.26. The molecule has 0 spiro atoms. The molecule has 8 nitrogen and oxygen atoms in total. The summed E-state index contributed by atoms with van der Waals surface area (Å²) < 4.78 is 56.2. The number of carbonyl (C=O) groups excluding carboxylic acids is 3. The van der Waals surface area contributed by atoms with Gasteiger partial charge in [-0.2, -0.15) is 18.3 Å². The fraction of sp³-hybridized carbons (Fsp3) is 0.257. The fourth-order valence-corrected chi connectivity index (χ4v) is 5.65. The van der Waals surface area contributed by atoms with Crippen molar-refractivity contribution >= 4 is 23.5 Å². The van der Waals surface area contributed by atoms with Gasteiger partial charge >= 0.3 is 6.18 Å². The van der Waals surface area contributed by atoms with E-state index >= 15 is 0 Å². The summed E-state index contributed by atoms with van der Waals surface area (Å²) in [4.78, 5) is 42.9. The van der Waals surface area contributed by atoms with Gasteiger partial charge in [0.2, 0.25) is 5.91 Å². The van der Waals surface area contributed by atoms with Crippen molar-refractivity contribution < 1.29 is 31.9 Å². The highest BCUT2D eigenvalue weighted by atomic mass is 19.4. The Balaban J connectivity index is 1.66. The topological polar surface area (TPSA) is 87.5 Å². The molecule has 0 saturated carbocycles. The lowest BCUT2D eigenvalue weighted by Crippen LogP contribution is -2.55. The summed E-state index contributed by atoms with van der Waals surface area (Å²) >= 11 is 0. The number of hydrogen-bond acceptors (Lipinski definition) is 4. The summed E-state index contributed by atoms with van der Waals surface area (Å²) in [7, 11) is 3.28. The number of rotatable bonds is 9. The predicted molar refractivity (Wildman–Crippen MR) is 169 cm³/mol. The average Bonchev–Trinajstić information content (AvgIpc) is 3.42. The number of alkyl halides is 3. The minimum absolute atomic E-state index is 0.188. The number of amides is 3. The largest absolute Gasteiger partial charge is 0.416 e. The summed E-state index contributed by atoms with van der Waals surface area (Å²) in [6.07, 6.45) is -0.736. The number of halogens is 4. The lowest BCUT2D eigenvalue weighted by Gasteiger charge is -2.38. The highest BCUT2D eigenvalue weighted by Gasteiger charge is 2.46. The molecule has 2 heterocycles. The number of benzene rings is 3. The fourth-order valence-electron chi connectivity index (χ4n) is 5.65. The van der Waals surface area contributed by atoms with Crippen molar-refractivity contribution in [2.24, 2.45) is 0 Å². The van der Waals surface area contributed by atoms with Crippen LogP contribution in [0.1, 0.15) is 52.0 Å². The number of nitrogens with zero attached hydrogens (tertiary/aromatic N) is 4. The van der Waals surface area contributed by atoms with Crippen molar-refractivity contribution in [1.29, 1.82) is 0 Å². The van der Waals surface area contributed by atoms with Gasteiger partial charge in [0, 0.05) is 37.7 Å². The molecule has 244 valence electrons. The van der Waals surface area contributed by atoms with E-state index in [1.54, 1.807) is 31.8 Å². The van der Waals surface area contributed by atoms with Crippen LogP contribution in [-0.4, -0.2) is 59.1 Å². The molecule has 0 radical (unpaired) electrons. The first-order valence-electron chi connectivity index (χ1n) is 15.0. The molecule has 1 aliphatic rings. The van der Waals surface area contributed by atoms with E-state index in [1.807, 2.05) is 30.3 Å². The summed E-state index contributed by atoms with van der Waals surface area (Å²) in [5, 5.41) is 7.64. The number of aryl methyl sites for hydroxylation is 1. The Morgan fingerprint density at radius 1 is 1.00 bits per heavy atom. The molecule has 1 N–H and O–H groups in total. The third-order valence-electron chi connectivity index (χ3n) is 7.94. The Kier molecular flexibility index (Phi) is 9.59. The van der Waals surface area contributed by atoms with Crippen molar-refractivity contribution in [3.63, 3.8) is 0 Å². The normalized spacial score (nSPS) is 16.3. The Labute approximate surface area is 269 Å². The van der Waals surface area contributed by atoms with E-state index in [9.17, 15) is 31.9 Å². The second kappa shape index (κ2) is 13.6. The van der Waals surface area contributed by atoms with Gasteiger partial charge in [-0.1, -0.05) is 42.5 Å². The van der Waals surface area contributed by atoms with Crippen LogP contribution in [-0.2, 0) is 22.2 Å². The molecular weight excluding hydrogens is 614 g/mol. The maximum absolute atomic E-state index is 14.3. The van der Waals surface area contributed by atoms with Gasteiger partial charge in [0.25, 0.3) is 11.8 Å². The van der Waals surface area contributed by atoms with E-state index in [0.717, 1.165) is 18.2 Å². The van der Waals surface area contributed by atoms with E-state index in [0.29, 0.717) is 41.2 Å². The van der Waals surface area contributed by atoms with Crippen LogP contribution in [0.15, 0.2) is 91.0 Å². The van der Waals surface area contributed by atoms with Crippen LogP contribution in [0.4, 0.5) is 23.4 Å². The number of hydrogen-bond donors (Lipinski definition) is 1. The third-order valence-corrected chi connectivity index (χ3v) is 7.94. The quantitative estimate of drug-likeness (QED) is 0.181. The number of likely N-dealkylation sites (N-methyl/N-ethyl adjacent to an activating group) is 2. The van der Waals surface area contributed by atoms with Gasteiger partial charge in [-0.05, 0) is 73.9 Å². The third kappa shape index (κ3) is 6.96. The Morgan fingerprint density at radius 3 is 2.34 bits per heavy atom. The minimum Gasteiger partial charge on any atom is -0.345 e. The molecule has 2 unspecified atom stereocenters. The summed E-state index contributed by atoms with van der Waals surface area (Å²) in [5.41, 5.74) is 1.07. The number of allylic oxidation sites excluding steroid dienone is 1. The van der Waals surface area contributed by atoms with Gasteiger partial charge in [-0.3, -0.25) is 19.3 Å². The molecule has 47 heavy (non-hydrogen) atoms. The monoisotopic (exact) mass is 647 g/mol. The number of nitrogens with one attached hydrogen (secondary N) is 1. The van der Waals surface area contributed by atoms with E-state index in [1.165, 1.54) is 46.2 Å². The summed E-state index contributed by atoms with van der Waals surface area (Å²) in [6, 6.07) is 17.4. The molecule has 2 atom stereocenters. The molecule has 1 aromatic heterocycles. The van der Waals surface area contributed by atoms with E-state index < -0.39 is 41.3 Å². The van der Waals surface area contributed by atoms with Gasteiger partial charge in [0.15, 0.2) is 0 Å². The second-order valence-corrected chi connectivity index (χ2v) is 11.2. The maximum Gasteiger partial charge on any atom is 0.416 e. The number of anilines is 1. The predicted octanol–water partition coefficient (Wildman–Crippen LogP) is 5.90. The van der Waals surface area contributed by atoms with E-state index in [-0.39, 0.29) is 18.0 Å². The van der Waals surface area contributed by atoms with Crippen LogP contribution in [0.25, 0.3) is 5.69 Å². The van der Waals surface area contributed by atoms with Crippen LogP contribution in [0.2, 0.25) is 0 Å². The van der Waals surface area contributed by atoms with Gasteiger partial charge in [0.05, 0.1) is 16.9 Å². The highest BCUT2D eigenvalue weighted by Crippen LogP contribution is 2.44. The molecule has 0 fully saturated rings. The molecule has 3 amide bonds. The van der Waals surface area contributed by atoms with Crippen molar-refractivity contribution in [2.75, 3.05) is 25.5 Å². The van der Waals surface area contributed by atoms with Crippen molar-refractivity contribution in [1.82, 2.24) is 20.0 Å². The molecular formula is C35H33F4N5O3. The lowest BCUT2D eigenvalue weighted by atomic mass is 9.80. The molecule has 4 aromatic rings. The Morgan fingerprint density at radius 2 is 1.70 bits per heavy atom. The van der Waals surface area contributed by atoms with Crippen molar-refractivity contribution in [3.8, 4) is 5.69 Å². The number of carbonyl (C=O) groups is 3. The molecule has 12 heteroatoms. The zero-order chi connectivity index (χ0) is 33.9. The SMILES string of the molecule is CCN1C(=O)C(NC(=O)c2cccc(C(F)(F)F)c2)C(c2ccc(F)cc2)c2c(CC/C=C\C(=O)N(C)C)nn(-c3ccccc3)c21. The number of aromatic nitrogens is 2. The van der Waals surface area contributed by atoms with Gasteiger partial charge < -0.3 is 10.2 Å². The first-order chi connectivity index (χ1) is 22.4. The zero-order valence-electron chi connectivity index (χ0n) is 26.0. The first-order valence-corrected chi connectivity index (χ1v) is 15.0. The molecule has 0 bridgehead atoms. The molecule has 3 aromatic carbocycles. The zero-order valence-corrected chi connectivity index (χ0v) is 26.0. The smallest absolute Gasteiger partial charge is 0.345 e. The van der Waals surface area contributed by atoms with Gasteiger partial charge in [-0.25, -0.2) is 9.07 Å². The second-order valence-electron chi connectivity index (χ2n) is 11.2. The van der Waals surface area contributed by atoms with Crippen LogP contribution in [0, 0.1) is 5.82 Å². The molecule has 0 saturated heterocycles. The number of para-hydroxylation sites is 1. The van der Waals surface area contributed by atoms with Crippen molar-refractivity contribution in [3.05, 3.63) is 125 Å². The summed E-state index contributed by atoms with van der Waals surface area (Å²) in [5.74, 6) is -2.49. The molecule has 0 aliphatic carbocycles. The van der Waals surface area contributed by atoms with Crippen LogP contribution in [0.3, 0.4) is 0 Å². The van der Waals surface area contributed by atoms with E-state index in [4.69, 9.17) is 5.10 Å². The lowest BCUT2D eigenvalue weighted by molar-refractivity contribution is -0.137. The van der Waals surface area contributed by atoms with Crippen LogP contribution >= 0.6 is 0 Å². The Bertz CT molecular complexity index is 1800. The maximum atomic E-state index is 14.3. The highest BCUT2D eigenvalue weighted by molar-refractivity contribution is 6.05. The van der Waals surface area contributed by atoms with Crippen molar-refractivity contribution in [2.45, 2.75) is 37.9 Å². The minimum atomic E-state index is -4.67. The standard InChI is InChI=1S/C35H33F4N5O3/c1-4-43-33-30(27(15-8-9-16-28(45)42(2)3)41-44(33)26-13-6-5-7-14-26)29(22-17-19-25(36)20-18-22)31(34(43)47)40-32(46)23-11-10-12-24(21-23)35(37,38)39/h5-7,9-14,16-21,29,31H,4,8,15H2,1-3H3,(H,40,46)/b16-9-.